The molecule has 0 radical (unpaired) electrons. The number of hydrogen-bond donors (Lipinski definition) is 2. The van der Waals surface area contributed by atoms with Gasteiger partial charge in [0, 0.05) is 23.0 Å². The first-order valence-corrected chi connectivity index (χ1v) is 5.85. The first kappa shape index (κ1) is 11.9. The molecular formula is C12H18N4O. The number of nitrogens with one attached hydrogen (secondary N) is 1. The van der Waals surface area contributed by atoms with E-state index in [0.717, 1.165) is 11.4 Å². The topological polar surface area (TPSA) is 76.2 Å². The lowest BCUT2D eigenvalue weighted by Gasteiger charge is -2.03. The Hall–Kier alpha value is -1.62. The number of aromatic amines is 1. The smallest absolute Gasteiger partial charge is 0.276 e. The van der Waals surface area contributed by atoms with Crippen LogP contribution in [-0.4, -0.2) is 21.1 Å². The van der Waals surface area contributed by atoms with Crippen molar-refractivity contribution in [1.29, 1.82) is 0 Å². The molecule has 5 heteroatoms. The highest BCUT2D eigenvalue weighted by Crippen LogP contribution is 2.13. The summed E-state index contributed by atoms with van der Waals surface area (Å²) < 4.78 is 1.51. The molecule has 0 unspecified atom stereocenters. The van der Waals surface area contributed by atoms with Gasteiger partial charge in [-0.05, 0) is 25.8 Å². The van der Waals surface area contributed by atoms with Crippen molar-refractivity contribution in [2.24, 2.45) is 5.73 Å². The van der Waals surface area contributed by atoms with Crippen LogP contribution >= 0.6 is 0 Å². The van der Waals surface area contributed by atoms with Crippen LogP contribution in [0.2, 0.25) is 0 Å². The normalized spacial score (nSPS) is 11.6. The van der Waals surface area contributed by atoms with E-state index in [1.165, 1.54) is 4.52 Å². The van der Waals surface area contributed by atoms with Crippen molar-refractivity contribution in [3.05, 3.63) is 33.4 Å². The van der Waals surface area contributed by atoms with E-state index in [2.05, 4.69) is 23.9 Å². The summed E-state index contributed by atoms with van der Waals surface area (Å²) in [6.07, 6.45) is 0.566. The second-order valence-electron chi connectivity index (χ2n) is 4.58. The standard InChI is InChI=1S/C12H18N4O/c1-7(2)10-6-11-14-8(3)9(4-5-13)12(17)16(11)15-10/h6-7,15H,4-5,13H2,1-3H3. The maximum Gasteiger partial charge on any atom is 0.276 e. The van der Waals surface area contributed by atoms with Crippen LogP contribution in [0.15, 0.2) is 10.9 Å². The van der Waals surface area contributed by atoms with Crippen molar-refractivity contribution in [2.75, 3.05) is 6.54 Å². The zero-order chi connectivity index (χ0) is 12.6. The highest BCUT2D eigenvalue weighted by molar-refractivity contribution is 5.42. The van der Waals surface area contributed by atoms with Crippen LogP contribution in [0.4, 0.5) is 0 Å². The zero-order valence-electron chi connectivity index (χ0n) is 10.4. The molecule has 0 amide bonds. The van der Waals surface area contributed by atoms with Crippen LogP contribution in [0.1, 0.15) is 36.7 Å². The number of fused-ring (bicyclic) bond motifs is 1. The Balaban J connectivity index is 2.69. The summed E-state index contributed by atoms with van der Waals surface area (Å²) in [5.74, 6) is 0.342. The molecule has 0 aliphatic heterocycles. The third-order valence-electron chi connectivity index (χ3n) is 2.95. The lowest BCUT2D eigenvalue weighted by atomic mass is 10.1. The summed E-state index contributed by atoms with van der Waals surface area (Å²) in [6.45, 7) is 6.46. The Morgan fingerprint density at radius 1 is 1.53 bits per heavy atom. The zero-order valence-corrected chi connectivity index (χ0v) is 10.4. The number of aromatic nitrogens is 3. The molecule has 92 valence electrons. The van der Waals surface area contributed by atoms with E-state index in [1.807, 2.05) is 13.0 Å². The second kappa shape index (κ2) is 4.33. The Morgan fingerprint density at radius 3 is 2.82 bits per heavy atom. The van der Waals surface area contributed by atoms with Gasteiger partial charge in [0.25, 0.3) is 5.56 Å². The van der Waals surface area contributed by atoms with Crippen molar-refractivity contribution in [3.63, 3.8) is 0 Å². The molecule has 2 rings (SSSR count). The van der Waals surface area contributed by atoms with Crippen molar-refractivity contribution < 1.29 is 0 Å². The third kappa shape index (κ3) is 1.98. The minimum absolute atomic E-state index is 0.0372. The van der Waals surface area contributed by atoms with Crippen LogP contribution in [0.3, 0.4) is 0 Å². The van der Waals surface area contributed by atoms with Crippen LogP contribution in [0.5, 0.6) is 0 Å². The molecule has 0 aromatic carbocycles. The van der Waals surface area contributed by atoms with Crippen molar-refractivity contribution in [1.82, 2.24) is 14.6 Å². The first-order chi connectivity index (χ1) is 8.04. The number of nitrogens with zero attached hydrogens (tertiary/aromatic N) is 2. The van der Waals surface area contributed by atoms with Gasteiger partial charge in [0.2, 0.25) is 0 Å². The molecule has 2 aromatic heterocycles. The van der Waals surface area contributed by atoms with Gasteiger partial charge in [0.1, 0.15) is 0 Å². The van der Waals surface area contributed by atoms with Gasteiger partial charge in [0.05, 0.1) is 0 Å². The lowest BCUT2D eigenvalue weighted by molar-refractivity contribution is 0.764. The molecule has 0 atom stereocenters. The maximum atomic E-state index is 12.2. The molecule has 17 heavy (non-hydrogen) atoms. The molecule has 0 aliphatic rings. The van der Waals surface area contributed by atoms with Gasteiger partial charge in [-0.15, -0.1) is 0 Å². The van der Waals surface area contributed by atoms with E-state index in [9.17, 15) is 4.79 Å². The highest BCUT2D eigenvalue weighted by Gasteiger charge is 2.12. The van der Waals surface area contributed by atoms with Crippen LogP contribution < -0.4 is 11.3 Å². The van der Waals surface area contributed by atoms with Gasteiger partial charge < -0.3 is 5.73 Å². The van der Waals surface area contributed by atoms with Crippen molar-refractivity contribution >= 4 is 5.65 Å². The minimum atomic E-state index is -0.0372. The molecule has 2 heterocycles. The monoisotopic (exact) mass is 234 g/mol. The molecule has 0 fully saturated rings. The molecule has 5 nitrogen and oxygen atoms in total. The molecule has 0 bridgehead atoms. The summed E-state index contributed by atoms with van der Waals surface area (Å²) in [5.41, 5.74) is 8.63. The van der Waals surface area contributed by atoms with E-state index in [0.29, 0.717) is 30.1 Å². The molecule has 2 aromatic rings. The number of nitrogens with two attached hydrogens (primary N) is 1. The quantitative estimate of drug-likeness (QED) is 0.830. The molecule has 0 saturated heterocycles. The van der Waals surface area contributed by atoms with Gasteiger partial charge in [-0.3, -0.25) is 9.89 Å². The van der Waals surface area contributed by atoms with Crippen LogP contribution in [-0.2, 0) is 6.42 Å². The number of rotatable bonds is 3. The third-order valence-corrected chi connectivity index (χ3v) is 2.95. The summed E-state index contributed by atoms with van der Waals surface area (Å²) in [6, 6.07) is 1.92. The largest absolute Gasteiger partial charge is 0.330 e. The van der Waals surface area contributed by atoms with Gasteiger partial charge in [-0.25, -0.2) is 9.50 Å². The van der Waals surface area contributed by atoms with E-state index in [1.54, 1.807) is 0 Å². The fraction of sp³-hybridized carbons (Fsp3) is 0.500. The fourth-order valence-corrected chi connectivity index (χ4v) is 1.92. The average Bonchev–Trinajstić information content (AvgIpc) is 2.68. The van der Waals surface area contributed by atoms with E-state index in [4.69, 9.17) is 5.73 Å². The Labute approximate surface area is 99.6 Å². The molecule has 0 saturated carbocycles. The summed E-state index contributed by atoms with van der Waals surface area (Å²) >= 11 is 0. The Morgan fingerprint density at radius 2 is 2.24 bits per heavy atom. The van der Waals surface area contributed by atoms with Gasteiger partial charge >= 0.3 is 0 Å². The number of hydrogen-bond acceptors (Lipinski definition) is 3. The van der Waals surface area contributed by atoms with Gasteiger partial charge in [-0.1, -0.05) is 13.8 Å². The second-order valence-corrected chi connectivity index (χ2v) is 4.58. The SMILES string of the molecule is Cc1nc2cc(C(C)C)[nH]n2c(=O)c1CCN. The van der Waals surface area contributed by atoms with Crippen molar-refractivity contribution in [3.8, 4) is 0 Å². The number of H-pyrrole nitrogens is 1. The summed E-state index contributed by atoms with van der Waals surface area (Å²) in [5, 5.41) is 3.09. The van der Waals surface area contributed by atoms with Gasteiger partial charge in [-0.2, -0.15) is 0 Å². The lowest BCUT2D eigenvalue weighted by Crippen LogP contribution is -2.24. The van der Waals surface area contributed by atoms with Crippen LogP contribution in [0, 0.1) is 6.92 Å². The summed E-state index contributed by atoms with van der Waals surface area (Å²) in [7, 11) is 0. The molecule has 3 N–H and O–H groups in total. The summed E-state index contributed by atoms with van der Waals surface area (Å²) in [4.78, 5) is 16.6. The molecule has 0 aliphatic carbocycles. The van der Waals surface area contributed by atoms with Gasteiger partial charge in [0.15, 0.2) is 5.65 Å². The Kier molecular flexibility index (Phi) is 3.02. The van der Waals surface area contributed by atoms with E-state index in [-0.39, 0.29) is 5.56 Å². The van der Waals surface area contributed by atoms with E-state index >= 15 is 0 Å². The van der Waals surface area contributed by atoms with Crippen molar-refractivity contribution in [2.45, 2.75) is 33.1 Å². The van der Waals surface area contributed by atoms with E-state index < -0.39 is 0 Å². The predicted molar refractivity (Wildman–Crippen MR) is 67.4 cm³/mol. The minimum Gasteiger partial charge on any atom is -0.330 e. The fourth-order valence-electron chi connectivity index (χ4n) is 1.92. The number of aryl methyl sites for hydroxylation is 1. The average molecular weight is 234 g/mol. The Bertz CT molecular complexity index is 594. The predicted octanol–water partition coefficient (Wildman–Crippen LogP) is 0.956. The highest BCUT2D eigenvalue weighted by atomic mass is 16.1. The molecule has 0 spiro atoms. The maximum absolute atomic E-state index is 12.2. The molecular weight excluding hydrogens is 216 g/mol. The van der Waals surface area contributed by atoms with Crippen LogP contribution in [0.25, 0.3) is 5.65 Å². The first-order valence-electron chi connectivity index (χ1n) is 5.85.